The van der Waals surface area contributed by atoms with Crippen molar-refractivity contribution in [2.24, 2.45) is 0 Å². The fraction of sp³-hybridized carbons (Fsp3) is 0.143. The average Bonchev–Trinajstić information content (AvgIpc) is 2.77. The van der Waals surface area contributed by atoms with Crippen molar-refractivity contribution < 1.29 is 0 Å². The molecule has 0 radical (unpaired) electrons. The molecule has 0 spiro atoms. The maximum Gasteiger partial charge on any atom is 0.0285 e. The molecule has 0 unspecified atom stereocenters. The Morgan fingerprint density at radius 2 is 0.793 bits per heavy atom. The van der Waals surface area contributed by atoms with Gasteiger partial charge in [-0.25, -0.2) is 0 Å². The fourth-order valence-electron chi connectivity index (χ4n) is 3.79. The van der Waals surface area contributed by atoms with Gasteiger partial charge in [-0.15, -0.1) is 0 Å². The Bertz CT molecular complexity index is 1050. The highest BCUT2D eigenvalue weighted by Gasteiger charge is 2.07. The Morgan fingerprint density at radius 3 is 1.38 bits per heavy atom. The summed E-state index contributed by atoms with van der Waals surface area (Å²) in [5.41, 5.74) is 9.67. The molecule has 0 amide bonds. The summed E-state index contributed by atoms with van der Waals surface area (Å²) in [7, 11) is 0. The van der Waals surface area contributed by atoms with Crippen LogP contribution in [0.15, 0.2) is 103 Å². The molecule has 0 N–H and O–H groups in total. The molecule has 0 saturated carbocycles. The van der Waals surface area contributed by atoms with E-state index in [2.05, 4.69) is 119 Å². The van der Waals surface area contributed by atoms with Gasteiger partial charge in [-0.2, -0.15) is 0 Å². The van der Waals surface area contributed by atoms with Gasteiger partial charge in [0, 0.05) is 5.33 Å². The van der Waals surface area contributed by atoms with E-state index in [0.717, 1.165) is 24.6 Å². The molecule has 4 aromatic carbocycles. The topological polar surface area (TPSA) is 0 Å². The van der Waals surface area contributed by atoms with Crippen LogP contribution in [0.25, 0.3) is 0 Å². The number of alkyl halides is 1. The zero-order valence-corrected chi connectivity index (χ0v) is 18.1. The van der Waals surface area contributed by atoms with Gasteiger partial charge >= 0.3 is 0 Å². The first kappa shape index (κ1) is 19.7. The van der Waals surface area contributed by atoms with E-state index < -0.39 is 0 Å². The summed E-state index contributed by atoms with van der Waals surface area (Å²) in [6.07, 6.45) is 2.93. The van der Waals surface area contributed by atoms with Crippen molar-refractivity contribution in [1.82, 2.24) is 0 Å². The minimum Gasteiger partial charge on any atom is -0.0876 e. The molecule has 29 heavy (non-hydrogen) atoms. The van der Waals surface area contributed by atoms with Crippen molar-refractivity contribution in [1.29, 1.82) is 0 Å². The van der Waals surface area contributed by atoms with E-state index >= 15 is 0 Å². The molecule has 0 heterocycles. The summed E-state index contributed by atoms with van der Waals surface area (Å²) in [4.78, 5) is 0. The highest BCUT2D eigenvalue weighted by atomic mass is 79.9. The average molecular weight is 441 g/mol. The number of benzene rings is 4. The minimum atomic E-state index is 0.897. The monoisotopic (exact) mass is 440 g/mol. The lowest BCUT2D eigenvalue weighted by Gasteiger charge is -2.12. The summed E-state index contributed by atoms with van der Waals surface area (Å²) in [5, 5.41) is 0.897. The standard InChI is InChI=1S/C28H25Br/c29-21-28-13-7-6-12-27(28)20-26-11-5-4-10-25(26)19-24-16-14-23(15-17-24)18-22-8-2-1-3-9-22/h1-17H,18-21H2. The van der Waals surface area contributed by atoms with E-state index in [-0.39, 0.29) is 0 Å². The van der Waals surface area contributed by atoms with Gasteiger partial charge in [0.15, 0.2) is 0 Å². The summed E-state index contributed by atoms with van der Waals surface area (Å²) in [5.74, 6) is 0. The van der Waals surface area contributed by atoms with Crippen molar-refractivity contribution in [3.8, 4) is 0 Å². The molecule has 4 rings (SSSR count). The van der Waals surface area contributed by atoms with Gasteiger partial charge in [0.2, 0.25) is 0 Å². The molecule has 0 saturated heterocycles. The Morgan fingerprint density at radius 1 is 0.379 bits per heavy atom. The largest absolute Gasteiger partial charge is 0.0876 e. The maximum atomic E-state index is 3.62. The molecular formula is C28H25Br. The second kappa shape index (κ2) is 9.71. The highest BCUT2D eigenvalue weighted by Crippen LogP contribution is 2.22. The quantitative estimate of drug-likeness (QED) is 0.263. The summed E-state index contributed by atoms with van der Waals surface area (Å²) < 4.78 is 0. The third kappa shape index (κ3) is 5.25. The maximum absolute atomic E-state index is 3.62. The molecule has 0 atom stereocenters. The van der Waals surface area contributed by atoms with Crippen LogP contribution in [0.3, 0.4) is 0 Å². The molecule has 0 aliphatic carbocycles. The highest BCUT2D eigenvalue weighted by molar-refractivity contribution is 9.08. The molecule has 0 aliphatic heterocycles. The normalized spacial score (nSPS) is 10.8. The van der Waals surface area contributed by atoms with Crippen LogP contribution in [0, 0.1) is 0 Å². The lowest BCUT2D eigenvalue weighted by Crippen LogP contribution is -1.99. The van der Waals surface area contributed by atoms with Crippen LogP contribution < -0.4 is 0 Å². The van der Waals surface area contributed by atoms with Crippen molar-refractivity contribution in [3.63, 3.8) is 0 Å². The van der Waals surface area contributed by atoms with Gasteiger partial charge in [0.25, 0.3) is 0 Å². The number of hydrogen-bond donors (Lipinski definition) is 0. The Kier molecular flexibility index (Phi) is 6.59. The van der Waals surface area contributed by atoms with Gasteiger partial charge in [0.1, 0.15) is 0 Å². The van der Waals surface area contributed by atoms with E-state index in [4.69, 9.17) is 0 Å². The third-order valence-corrected chi connectivity index (χ3v) is 6.03. The Labute approximate surface area is 182 Å². The number of halogens is 1. The zero-order chi connectivity index (χ0) is 19.9. The lowest BCUT2D eigenvalue weighted by atomic mass is 9.93. The van der Waals surface area contributed by atoms with E-state index in [1.165, 1.54) is 38.9 Å². The summed E-state index contributed by atoms with van der Waals surface area (Å²) >= 11 is 3.62. The summed E-state index contributed by atoms with van der Waals surface area (Å²) in [6, 6.07) is 37.3. The Balaban J connectivity index is 1.50. The molecule has 0 bridgehead atoms. The first-order valence-electron chi connectivity index (χ1n) is 10.1. The molecule has 0 fully saturated rings. The van der Waals surface area contributed by atoms with Crippen molar-refractivity contribution in [2.75, 3.05) is 0 Å². The molecular weight excluding hydrogens is 416 g/mol. The van der Waals surface area contributed by atoms with Gasteiger partial charge in [-0.1, -0.05) is 119 Å². The fourth-order valence-corrected chi connectivity index (χ4v) is 4.34. The number of hydrogen-bond acceptors (Lipinski definition) is 0. The van der Waals surface area contributed by atoms with E-state index in [1.807, 2.05) is 0 Å². The zero-order valence-electron chi connectivity index (χ0n) is 16.5. The van der Waals surface area contributed by atoms with Crippen molar-refractivity contribution in [3.05, 3.63) is 142 Å². The van der Waals surface area contributed by atoms with E-state index in [9.17, 15) is 0 Å². The van der Waals surface area contributed by atoms with Crippen LogP contribution >= 0.6 is 15.9 Å². The molecule has 4 aromatic rings. The van der Waals surface area contributed by atoms with Crippen LogP contribution in [-0.4, -0.2) is 0 Å². The van der Waals surface area contributed by atoms with Crippen molar-refractivity contribution in [2.45, 2.75) is 24.6 Å². The molecule has 144 valence electrons. The van der Waals surface area contributed by atoms with Gasteiger partial charge in [-0.3, -0.25) is 0 Å². The predicted molar refractivity (Wildman–Crippen MR) is 127 cm³/mol. The SMILES string of the molecule is BrCc1ccccc1Cc1ccccc1Cc1ccc(Cc2ccccc2)cc1. The second-order valence-corrected chi connectivity index (χ2v) is 8.06. The smallest absolute Gasteiger partial charge is 0.0285 e. The van der Waals surface area contributed by atoms with Crippen LogP contribution in [0.2, 0.25) is 0 Å². The molecule has 1 heteroatoms. The van der Waals surface area contributed by atoms with Gasteiger partial charge in [0.05, 0.1) is 0 Å². The first-order valence-corrected chi connectivity index (χ1v) is 11.3. The van der Waals surface area contributed by atoms with E-state index in [0.29, 0.717) is 0 Å². The third-order valence-electron chi connectivity index (χ3n) is 5.43. The molecule has 0 aromatic heterocycles. The summed E-state index contributed by atoms with van der Waals surface area (Å²) in [6.45, 7) is 0. The van der Waals surface area contributed by atoms with Crippen LogP contribution in [0.1, 0.15) is 38.9 Å². The Hall–Kier alpha value is -2.64. The molecule has 0 nitrogen and oxygen atoms in total. The second-order valence-electron chi connectivity index (χ2n) is 7.50. The van der Waals surface area contributed by atoms with Crippen LogP contribution in [0.4, 0.5) is 0 Å². The van der Waals surface area contributed by atoms with Gasteiger partial charge < -0.3 is 0 Å². The van der Waals surface area contributed by atoms with Crippen molar-refractivity contribution >= 4 is 15.9 Å². The first-order chi connectivity index (χ1) is 14.3. The molecule has 0 aliphatic rings. The van der Waals surface area contributed by atoms with Gasteiger partial charge in [-0.05, 0) is 58.2 Å². The van der Waals surface area contributed by atoms with Crippen LogP contribution in [0.5, 0.6) is 0 Å². The number of rotatable bonds is 7. The predicted octanol–water partition coefficient (Wildman–Crippen LogP) is 7.35. The minimum absolute atomic E-state index is 0.897. The van der Waals surface area contributed by atoms with E-state index in [1.54, 1.807) is 0 Å². The van der Waals surface area contributed by atoms with Crippen LogP contribution in [-0.2, 0) is 24.6 Å². The lowest BCUT2D eigenvalue weighted by molar-refractivity contribution is 1.07.